The van der Waals surface area contributed by atoms with Gasteiger partial charge in [0.1, 0.15) is 0 Å². The van der Waals surface area contributed by atoms with Crippen LogP contribution in [0.4, 0.5) is 8.78 Å². The fourth-order valence-corrected chi connectivity index (χ4v) is 1.43. The lowest BCUT2D eigenvalue weighted by atomic mass is 9.80. The van der Waals surface area contributed by atoms with Crippen LogP contribution in [0.3, 0.4) is 0 Å². The fraction of sp³-hybridized carbons (Fsp3) is 0. The SMILES string of the molecule is OB(O)c1cncc(-c2ccc(F)c(F)c2)c1. The van der Waals surface area contributed by atoms with E-state index in [0.717, 1.165) is 12.1 Å². The highest BCUT2D eigenvalue weighted by Crippen LogP contribution is 2.19. The van der Waals surface area contributed by atoms with Crippen LogP contribution in [0.2, 0.25) is 0 Å². The molecular weight excluding hydrogens is 227 g/mol. The van der Waals surface area contributed by atoms with E-state index in [1.807, 2.05) is 0 Å². The fourth-order valence-electron chi connectivity index (χ4n) is 1.43. The van der Waals surface area contributed by atoms with Crippen LogP contribution in [0.1, 0.15) is 0 Å². The Morgan fingerprint density at radius 2 is 1.71 bits per heavy atom. The molecule has 0 amide bonds. The molecule has 0 saturated heterocycles. The standard InChI is InChI=1S/C11H8BF2NO2/c13-10-2-1-7(4-11(10)14)8-3-9(12(16)17)6-15-5-8/h1-6,16-17H. The molecule has 2 aromatic rings. The second-order valence-corrected chi connectivity index (χ2v) is 3.51. The highest BCUT2D eigenvalue weighted by Gasteiger charge is 2.12. The van der Waals surface area contributed by atoms with E-state index in [0.29, 0.717) is 11.1 Å². The van der Waals surface area contributed by atoms with Gasteiger partial charge in [0.05, 0.1) is 0 Å². The van der Waals surface area contributed by atoms with Crippen molar-refractivity contribution in [3.05, 3.63) is 48.3 Å². The third kappa shape index (κ3) is 2.48. The summed E-state index contributed by atoms with van der Waals surface area (Å²) in [7, 11) is -1.65. The van der Waals surface area contributed by atoms with Crippen LogP contribution < -0.4 is 5.46 Å². The van der Waals surface area contributed by atoms with Gasteiger partial charge in [0.2, 0.25) is 0 Å². The van der Waals surface area contributed by atoms with Gasteiger partial charge in [0, 0.05) is 17.9 Å². The molecule has 0 bridgehead atoms. The Kier molecular flexibility index (Phi) is 3.17. The normalized spacial score (nSPS) is 10.4. The molecule has 0 unspecified atom stereocenters. The molecule has 17 heavy (non-hydrogen) atoms. The number of hydrogen-bond donors (Lipinski definition) is 2. The maximum absolute atomic E-state index is 13.0. The van der Waals surface area contributed by atoms with E-state index in [2.05, 4.69) is 4.98 Å². The number of rotatable bonds is 2. The van der Waals surface area contributed by atoms with Gasteiger partial charge in [0.25, 0.3) is 0 Å². The van der Waals surface area contributed by atoms with Crippen LogP contribution in [0, 0.1) is 11.6 Å². The van der Waals surface area contributed by atoms with Gasteiger partial charge in [-0.3, -0.25) is 4.98 Å². The van der Waals surface area contributed by atoms with Gasteiger partial charge >= 0.3 is 7.12 Å². The molecule has 0 aliphatic rings. The van der Waals surface area contributed by atoms with Gasteiger partial charge in [-0.15, -0.1) is 0 Å². The number of aromatic nitrogens is 1. The van der Waals surface area contributed by atoms with Crippen LogP contribution in [0.5, 0.6) is 0 Å². The zero-order valence-corrected chi connectivity index (χ0v) is 8.64. The molecule has 0 aliphatic carbocycles. The number of benzene rings is 1. The summed E-state index contributed by atoms with van der Waals surface area (Å²) in [6.07, 6.45) is 2.71. The Bertz CT molecular complexity index is 549. The van der Waals surface area contributed by atoms with Crippen LogP contribution >= 0.6 is 0 Å². The molecular formula is C11H8BF2NO2. The Labute approximate surface area is 96.5 Å². The summed E-state index contributed by atoms with van der Waals surface area (Å²) in [5.41, 5.74) is 1.08. The van der Waals surface area contributed by atoms with E-state index in [1.54, 1.807) is 0 Å². The largest absolute Gasteiger partial charge is 0.490 e. The quantitative estimate of drug-likeness (QED) is 0.753. The molecule has 2 rings (SSSR count). The molecule has 1 heterocycles. The highest BCUT2D eigenvalue weighted by molar-refractivity contribution is 6.58. The number of pyridine rings is 1. The zero-order valence-electron chi connectivity index (χ0n) is 8.64. The van der Waals surface area contributed by atoms with Crippen molar-refractivity contribution >= 4 is 12.6 Å². The monoisotopic (exact) mass is 235 g/mol. The summed E-state index contributed by atoms with van der Waals surface area (Å²) in [6, 6.07) is 4.87. The molecule has 0 aliphatic heterocycles. The van der Waals surface area contributed by atoms with E-state index in [-0.39, 0.29) is 5.46 Å². The van der Waals surface area contributed by atoms with Gasteiger partial charge in [0.15, 0.2) is 11.6 Å². The van der Waals surface area contributed by atoms with Crippen molar-refractivity contribution in [2.24, 2.45) is 0 Å². The first-order valence-corrected chi connectivity index (χ1v) is 4.84. The molecule has 1 aromatic heterocycles. The highest BCUT2D eigenvalue weighted by atomic mass is 19.2. The maximum atomic E-state index is 13.0. The first-order valence-electron chi connectivity index (χ1n) is 4.84. The van der Waals surface area contributed by atoms with Crippen molar-refractivity contribution in [1.82, 2.24) is 4.98 Å². The lowest BCUT2D eigenvalue weighted by Gasteiger charge is -2.04. The van der Waals surface area contributed by atoms with Crippen molar-refractivity contribution < 1.29 is 18.8 Å². The van der Waals surface area contributed by atoms with Gasteiger partial charge in [-0.05, 0) is 23.3 Å². The van der Waals surface area contributed by atoms with E-state index in [4.69, 9.17) is 10.0 Å². The van der Waals surface area contributed by atoms with Crippen LogP contribution in [-0.4, -0.2) is 22.2 Å². The minimum absolute atomic E-state index is 0.187. The average molecular weight is 235 g/mol. The molecule has 86 valence electrons. The van der Waals surface area contributed by atoms with E-state index in [9.17, 15) is 8.78 Å². The topological polar surface area (TPSA) is 53.4 Å². The lowest BCUT2D eigenvalue weighted by molar-refractivity contribution is 0.425. The van der Waals surface area contributed by atoms with Gasteiger partial charge in [-0.2, -0.15) is 0 Å². The van der Waals surface area contributed by atoms with E-state index in [1.165, 1.54) is 24.5 Å². The van der Waals surface area contributed by atoms with Crippen LogP contribution in [0.15, 0.2) is 36.7 Å². The zero-order chi connectivity index (χ0) is 12.4. The first kappa shape index (κ1) is 11.7. The third-order valence-electron chi connectivity index (χ3n) is 2.31. The predicted molar refractivity (Wildman–Crippen MR) is 59.4 cm³/mol. The van der Waals surface area contributed by atoms with Crippen LogP contribution in [-0.2, 0) is 0 Å². The van der Waals surface area contributed by atoms with Crippen molar-refractivity contribution in [2.75, 3.05) is 0 Å². The molecule has 0 spiro atoms. The minimum Gasteiger partial charge on any atom is -0.423 e. The summed E-state index contributed by atoms with van der Waals surface area (Å²) in [6.45, 7) is 0. The smallest absolute Gasteiger partial charge is 0.423 e. The summed E-state index contributed by atoms with van der Waals surface area (Å²) in [5, 5.41) is 18.0. The van der Waals surface area contributed by atoms with Gasteiger partial charge in [-0.1, -0.05) is 12.1 Å². The Morgan fingerprint density at radius 1 is 0.941 bits per heavy atom. The van der Waals surface area contributed by atoms with Gasteiger partial charge < -0.3 is 10.0 Å². The number of nitrogens with zero attached hydrogens (tertiary/aromatic N) is 1. The lowest BCUT2D eigenvalue weighted by Crippen LogP contribution is -2.30. The Morgan fingerprint density at radius 3 is 2.35 bits per heavy atom. The molecule has 1 aromatic carbocycles. The second-order valence-electron chi connectivity index (χ2n) is 3.51. The first-order chi connectivity index (χ1) is 8.08. The molecule has 0 saturated carbocycles. The Balaban J connectivity index is 2.45. The average Bonchev–Trinajstić information content (AvgIpc) is 2.33. The van der Waals surface area contributed by atoms with Crippen molar-refractivity contribution in [2.45, 2.75) is 0 Å². The molecule has 0 radical (unpaired) electrons. The summed E-state index contributed by atoms with van der Waals surface area (Å²) < 4.78 is 25.8. The van der Waals surface area contributed by atoms with E-state index >= 15 is 0 Å². The predicted octanol–water partition coefficient (Wildman–Crippen LogP) is 0.707. The summed E-state index contributed by atoms with van der Waals surface area (Å²) in [5.74, 6) is -1.89. The molecule has 0 atom stereocenters. The van der Waals surface area contributed by atoms with Crippen LogP contribution in [0.25, 0.3) is 11.1 Å². The van der Waals surface area contributed by atoms with Crippen molar-refractivity contribution in [3.8, 4) is 11.1 Å². The molecule has 0 fully saturated rings. The third-order valence-corrected chi connectivity index (χ3v) is 2.31. The minimum atomic E-state index is -1.65. The second kappa shape index (κ2) is 4.61. The van der Waals surface area contributed by atoms with Gasteiger partial charge in [-0.25, -0.2) is 8.78 Å². The molecule has 2 N–H and O–H groups in total. The number of hydrogen-bond acceptors (Lipinski definition) is 3. The van der Waals surface area contributed by atoms with Crippen molar-refractivity contribution in [1.29, 1.82) is 0 Å². The van der Waals surface area contributed by atoms with E-state index < -0.39 is 18.8 Å². The Hall–Kier alpha value is -1.79. The summed E-state index contributed by atoms with van der Waals surface area (Å²) >= 11 is 0. The summed E-state index contributed by atoms with van der Waals surface area (Å²) in [4.78, 5) is 3.80. The molecule has 3 nitrogen and oxygen atoms in total. The molecule has 6 heteroatoms. The maximum Gasteiger partial charge on any atom is 0.490 e. The number of halogens is 2. The van der Waals surface area contributed by atoms with Crippen molar-refractivity contribution in [3.63, 3.8) is 0 Å².